The van der Waals surface area contributed by atoms with Gasteiger partial charge < -0.3 is 164 Å². The number of aldehydes is 1. The molecule has 6 heterocycles. The lowest BCUT2D eigenvalue weighted by Crippen LogP contribution is -2.73. The Morgan fingerprint density at radius 1 is 0.531 bits per heavy atom. The molecule has 0 aromatic heterocycles. The van der Waals surface area contributed by atoms with E-state index in [1.165, 1.54) is 6.92 Å². The summed E-state index contributed by atoms with van der Waals surface area (Å²) in [4.78, 5) is 67.2. The number of aliphatic hydroxyl groups excluding tert-OH is 16. The second-order valence-corrected chi connectivity index (χ2v) is 35.2. The third kappa shape index (κ3) is 17.7. The number of rotatable bonds is 28. The molecule has 6 saturated heterocycles. The number of fused-ring (bicyclic) bond motifs is 7. The number of carbonyl (C=O) groups is 5. The second-order valence-electron chi connectivity index (χ2n) is 35.2. The van der Waals surface area contributed by atoms with E-state index in [4.69, 9.17) is 61.9 Å². The van der Waals surface area contributed by atoms with Crippen molar-refractivity contribution in [2.45, 2.75) is 360 Å². The van der Waals surface area contributed by atoms with Crippen molar-refractivity contribution in [1.29, 1.82) is 0 Å². The molecule has 0 aromatic rings. The van der Waals surface area contributed by atoms with E-state index in [1.54, 1.807) is 6.92 Å². The highest BCUT2D eigenvalue weighted by molar-refractivity contribution is 5.76. The van der Waals surface area contributed by atoms with Gasteiger partial charge in [-0.05, 0) is 111 Å². The van der Waals surface area contributed by atoms with Gasteiger partial charge in [-0.25, -0.2) is 9.59 Å². The average molecular weight is 1620 g/mol. The van der Waals surface area contributed by atoms with Gasteiger partial charge in [-0.3, -0.25) is 9.59 Å². The zero-order valence-corrected chi connectivity index (χ0v) is 65.0. The average Bonchev–Trinajstić information content (AvgIpc) is 0.671. The molecule has 20 N–H and O–H groups in total. The first kappa shape index (κ1) is 89.8. The van der Waals surface area contributed by atoms with E-state index >= 15 is 4.79 Å². The monoisotopic (exact) mass is 1620 g/mol. The zero-order chi connectivity index (χ0) is 82.5. The molecule has 10 fully saturated rings. The summed E-state index contributed by atoms with van der Waals surface area (Å²) in [5, 5.41) is 203. The van der Waals surface area contributed by atoms with Gasteiger partial charge in [0, 0.05) is 18.8 Å². The minimum atomic E-state index is -2.23. The molecular weight excluding hydrogens is 1500 g/mol. The lowest BCUT2D eigenvalue weighted by Gasteiger charge is -2.72. The lowest BCUT2D eigenvalue weighted by atomic mass is 9.34. The van der Waals surface area contributed by atoms with Crippen LogP contribution in [0.25, 0.3) is 0 Å². The van der Waals surface area contributed by atoms with Crippen molar-refractivity contribution in [3.8, 4) is 0 Å². The van der Waals surface area contributed by atoms with Crippen LogP contribution < -0.4 is 10.6 Å². The number of aliphatic hydroxyl groups is 16. The molecule has 4 saturated carbocycles. The summed E-state index contributed by atoms with van der Waals surface area (Å²) < 4.78 is 72.4. The van der Waals surface area contributed by atoms with Gasteiger partial charge in [-0.2, -0.15) is 0 Å². The summed E-state index contributed by atoms with van der Waals surface area (Å²) in [5.41, 5.74) is -4.44. The summed E-state index contributed by atoms with van der Waals surface area (Å²) in [6, 6.07) is -1.46. The Balaban J connectivity index is 0.834. The first-order valence-electron chi connectivity index (χ1n) is 40.0. The number of carboxylic acid groups (broad SMARTS) is 2. The van der Waals surface area contributed by atoms with Gasteiger partial charge in [0.1, 0.15) is 116 Å². The van der Waals surface area contributed by atoms with E-state index < -0.39 is 274 Å². The van der Waals surface area contributed by atoms with Crippen LogP contribution in [0.4, 0.5) is 4.79 Å². The maximum atomic E-state index is 15.2. The van der Waals surface area contributed by atoms with Gasteiger partial charge in [0.05, 0.1) is 61.7 Å². The highest BCUT2D eigenvalue weighted by atomic mass is 16.8. The number of aliphatic carboxylic acids is 2. The molecule has 11 aliphatic rings. The Morgan fingerprint density at radius 3 is 1.69 bits per heavy atom. The summed E-state index contributed by atoms with van der Waals surface area (Å²) in [6.45, 7) is 10.9. The fraction of sp³-hybridized carbons (Fsp3) is 0.908. The van der Waals surface area contributed by atoms with E-state index in [0.717, 1.165) is 44.0 Å². The van der Waals surface area contributed by atoms with Crippen LogP contribution in [-0.4, -0.2) is 338 Å². The number of unbranched alkanes of at least 4 members (excludes halogenated alkanes) is 7. The summed E-state index contributed by atoms with van der Waals surface area (Å²) in [7, 11) is 0. The Labute approximate surface area is 654 Å². The molecule has 16 unspecified atom stereocenters. The molecule has 11 rings (SSSR count). The predicted molar refractivity (Wildman–Crippen MR) is 381 cm³/mol. The molecule has 5 aliphatic carbocycles. The van der Waals surface area contributed by atoms with Crippen LogP contribution in [0.3, 0.4) is 0 Å². The number of amides is 2. The van der Waals surface area contributed by atoms with Crippen LogP contribution in [0, 0.1) is 44.8 Å². The smallest absolute Gasteiger partial charge is 0.410 e. The molecule has 0 spiro atoms. The first-order valence-corrected chi connectivity index (χ1v) is 40.0. The topological polar surface area (TPSA) is 584 Å². The van der Waals surface area contributed by atoms with Crippen LogP contribution in [-0.2, 0) is 76.0 Å². The van der Waals surface area contributed by atoms with Crippen molar-refractivity contribution >= 4 is 30.2 Å². The maximum absolute atomic E-state index is 15.2. The summed E-state index contributed by atoms with van der Waals surface area (Å²) >= 11 is 0. The number of hydrogen-bond donors (Lipinski definition) is 20. The molecule has 0 bridgehead atoms. The van der Waals surface area contributed by atoms with Gasteiger partial charge in [-0.15, -0.1) is 0 Å². The maximum Gasteiger partial charge on any atom is 0.410 e. The highest BCUT2D eigenvalue weighted by Gasteiger charge is 2.72. The van der Waals surface area contributed by atoms with Gasteiger partial charge in [0.2, 0.25) is 12.2 Å². The number of carbonyl (C=O) groups excluding carboxylic acids is 3. The Kier molecular flexibility index (Phi) is 28.7. The van der Waals surface area contributed by atoms with Crippen molar-refractivity contribution in [3.05, 3.63) is 11.6 Å². The van der Waals surface area contributed by atoms with Crippen LogP contribution in [0.5, 0.6) is 0 Å². The molecule has 646 valence electrons. The minimum Gasteiger partial charge on any atom is -0.481 e. The molecule has 38 atom stereocenters. The predicted octanol–water partition coefficient (Wildman–Crippen LogP) is -2.79. The number of carboxylic acids is 2. The van der Waals surface area contributed by atoms with Crippen molar-refractivity contribution in [2.75, 3.05) is 26.4 Å². The molecular formula is C76H122N2O35. The zero-order valence-electron chi connectivity index (χ0n) is 65.0. The molecule has 2 amide bonds. The first-order chi connectivity index (χ1) is 53.2. The van der Waals surface area contributed by atoms with E-state index in [2.05, 4.69) is 51.3 Å². The van der Waals surface area contributed by atoms with E-state index in [-0.39, 0.29) is 43.4 Å². The van der Waals surface area contributed by atoms with Crippen molar-refractivity contribution < 1.29 is 173 Å². The van der Waals surface area contributed by atoms with Crippen molar-refractivity contribution in [1.82, 2.24) is 10.6 Å². The third-order valence-corrected chi connectivity index (χ3v) is 27.6. The number of nitrogens with one attached hydrogen (secondary N) is 2. The summed E-state index contributed by atoms with van der Waals surface area (Å²) in [6.07, 6.45) is -41.1. The number of hydrogen-bond acceptors (Lipinski definition) is 33. The Morgan fingerprint density at radius 2 is 1.09 bits per heavy atom. The van der Waals surface area contributed by atoms with Crippen molar-refractivity contribution in [3.63, 3.8) is 0 Å². The van der Waals surface area contributed by atoms with E-state index in [0.29, 0.717) is 57.8 Å². The van der Waals surface area contributed by atoms with Crippen LogP contribution in [0.1, 0.15) is 170 Å². The second kappa shape index (κ2) is 36.1. The van der Waals surface area contributed by atoms with Crippen LogP contribution in [0.2, 0.25) is 0 Å². The van der Waals surface area contributed by atoms with E-state index in [1.807, 2.05) is 0 Å². The Bertz CT molecular complexity index is 3270. The fourth-order valence-corrected chi connectivity index (χ4v) is 20.9. The standard InChI is InChI=1S/C76H122N2O35/c1-33-58(108-64-53(94)47(88)36(82)30-102-64)52(93)56(97)66(104-33)111-61-50(91)46(77-44(85)16-14-12-10-8-9-11-13-15-17-45(86)87)38(28-79)105-68(61)113-70(101)78-76-25-24-71(2,3)26-35(76)34-18-19-41-72(4)22-21-43(73(5,32-81)40(72)20-23-74(41,6)75(34,7)27-42(76)84)107-69-62(112-67-55(96)51(92)49(90)39(29-80)106-67)59(57(98)60(110-69)63(99)100)109-65-54(95)48(89)37(83)31-103-65/h18,32-33,35-43,46-62,64-69,79-80,82-84,88-98H,8-17,19-31H2,1-7H3,(H,77,85)(H,78,101)(H,86,87)(H,99,100)/t33-,35?,36-,37-,38?,39?,40-,41?,42?,43+,46+,47?,48+,49+,50?,51+,52?,53?,54?,55?,56?,57+,58+,59+,60?,61?,62?,64+,65+,66+,67+,68-,69-,72?,73-,74+,75-,76-/m1/s1. The van der Waals surface area contributed by atoms with Crippen molar-refractivity contribution in [2.24, 2.45) is 44.8 Å². The van der Waals surface area contributed by atoms with Crippen LogP contribution >= 0.6 is 0 Å². The number of ether oxygens (including phenoxy) is 12. The van der Waals surface area contributed by atoms with E-state index in [9.17, 15) is 106 Å². The Hall–Kier alpha value is -3.99. The molecule has 0 radical (unpaired) electrons. The van der Waals surface area contributed by atoms with Crippen LogP contribution in [0.15, 0.2) is 11.6 Å². The fourth-order valence-electron chi connectivity index (χ4n) is 20.9. The minimum absolute atomic E-state index is 0.0118. The molecule has 6 aliphatic heterocycles. The third-order valence-electron chi connectivity index (χ3n) is 27.6. The summed E-state index contributed by atoms with van der Waals surface area (Å²) in [5.74, 6) is -4.40. The number of allylic oxidation sites excluding steroid dienone is 1. The lowest BCUT2D eigenvalue weighted by molar-refractivity contribution is -0.391. The van der Waals surface area contributed by atoms with Gasteiger partial charge in [0.15, 0.2) is 43.7 Å². The number of alkyl carbamates (subject to hydrolysis) is 1. The normalized spacial score (nSPS) is 48.4. The highest BCUT2D eigenvalue weighted by Crippen LogP contribution is 2.75. The van der Waals surface area contributed by atoms with Gasteiger partial charge >= 0.3 is 18.0 Å². The quantitative estimate of drug-likeness (QED) is 0.0163. The molecule has 37 heteroatoms. The largest absolute Gasteiger partial charge is 0.481 e. The SMILES string of the molecule is C[C@H]1O[C@@H](OC2C(O)[C@@H](NC(=O)CCCCCCCCCCC(=O)O)C(CO)O[C@@H]2OC(=O)N[C@]23CCC(C)(C)CC2C2=CCC4C5(C)CC[C@H](O[C@@H]6OC(C(=O)O)[C@@H](O)[C@H](O[C@@H]7OC[C@@H](O)[C@H](O)C7O)C6O[C@@H]6OC(CO)[C@H](O)[C@H](O)C6O)[C@](C)(C=O)[C@@H]5CC[C@]4(C)[C@]2(C)CC3O)C(O)C(O)[C@H]1O[C@@H]1OC[C@@H](O)C(O)C1O. The molecule has 37 nitrogen and oxygen atoms in total. The molecule has 113 heavy (non-hydrogen) atoms. The van der Waals surface area contributed by atoms with Gasteiger partial charge in [-0.1, -0.05) is 91.7 Å². The molecule has 0 aromatic carbocycles. The van der Waals surface area contributed by atoms with Gasteiger partial charge in [0.25, 0.3) is 0 Å².